The van der Waals surface area contributed by atoms with Crippen molar-refractivity contribution in [1.82, 2.24) is 0 Å². The maximum atomic E-state index is 7.70. The van der Waals surface area contributed by atoms with E-state index in [4.69, 9.17) is 5.41 Å². The summed E-state index contributed by atoms with van der Waals surface area (Å²) in [7, 11) is 0. The molecule has 0 aromatic carbocycles. The Morgan fingerprint density at radius 2 is 2.00 bits per heavy atom. The fourth-order valence-electron chi connectivity index (χ4n) is 1.49. The van der Waals surface area contributed by atoms with E-state index in [0.29, 0.717) is 0 Å². The summed E-state index contributed by atoms with van der Waals surface area (Å²) in [5, 5.41) is 7.70. The zero-order valence-electron chi connectivity index (χ0n) is 10.2. The highest BCUT2D eigenvalue weighted by Gasteiger charge is 2.21. The summed E-state index contributed by atoms with van der Waals surface area (Å²) in [4.78, 5) is 0. The topological polar surface area (TPSA) is 23.9 Å². The first-order chi connectivity index (χ1) is 6.42. The van der Waals surface area contributed by atoms with Gasteiger partial charge in [0.05, 0.1) is 0 Å². The van der Waals surface area contributed by atoms with Crippen molar-refractivity contribution in [2.45, 2.75) is 53.4 Å². The molecule has 0 aliphatic heterocycles. The van der Waals surface area contributed by atoms with Crippen molar-refractivity contribution >= 4 is 5.71 Å². The monoisotopic (exact) mass is 195 g/mol. The van der Waals surface area contributed by atoms with Gasteiger partial charge in [-0.05, 0) is 19.3 Å². The van der Waals surface area contributed by atoms with Gasteiger partial charge in [-0.15, -0.1) is 6.58 Å². The molecule has 14 heavy (non-hydrogen) atoms. The smallest absolute Gasteiger partial charge is 0.0225 e. The number of hydrogen-bond donors (Lipinski definition) is 1. The lowest BCUT2D eigenvalue weighted by Gasteiger charge is -2.24. The maximum absolute atomic E-state index is 7.70. The molecule has 0 aliphatic rings. The Labute approximate surface area is 89.1 Å². The van der Waals surface area contributed by atoms with Gasteiger partial charge in [0.1, 0.15) is 0 Å². The Hall–Kier alpha value is -0.590. The van der Waals surface area contributed by atoms with E-state index in [0.717, 1.165) is 18.1 Å². The molecule has 0 aromatic heterocycles. The van der Waals surface area contributed by atoms with Gasteiger partial charge < -0.3 is 5.41 Å². The SMILES string of the molecule is C=CC(C)(CCCCC(C)C)C(C)=N. The fraction of sp³-hybridized carbons (Fsp3) is 0.769. The van der Waals surface area contributed by atoms with E-state index in [1.54, 1.807) is 0 Å². The molecule has 0 saturated heterocycles. The second kappa shape index (κ2) is 6.00. The van der Waals surface area contributed by atoms with E-state index < -0.39 is 0 Å². The van der Waals surface area contributed by atoms with Crippen LogP contribution in [0.25, 0.3) is 0 Å². The molecule has 1 heteroatoms. The number of nitrogens with one attached hydrogen (secondary N) is 1. The third kappa shape index (κ3) is 4.59. The molecule has 82 valence electrons. The number of hydrogen-bond acceptors (Lipinski definition) is 1. The standard InChI is InChI=1S/C13H25N/c1-6-13(5,12(4)14)10-8-7-9-11(2)3/h6,11,14H,1,7-10H2,2-5H3. The first-order valence-electron chi connectivity index (χ1n) is 5.61. The zero-order valence-corrected chi connectivity index (χ0v) is 10.2. The summed E-state index contributed by atoms with van der Waals surface area (Å²) >= 11 is 0. The van der Waals surface area contributed by atoms with Crippen LogP contribution < -0.4 is 0 Å². The summed E-state index contributed by atoms with van der Waals surface area (Å²) in [6, 6.07) is 0. The van der Waals surface area contributed by atoms with Gasteiger partial charge in [-0.3, -0.25) is 0 Å². The molecule has 0 saturated carbocycles. The molecule has 0 radical (unpaired) electrons. The van der Waals surface area contributed by atoms with Gasteiger partial charge in [-0.2, -0.15) is 0 Å². The summed E-state index contributed by atoms with van der Waals surface area (Å²) in [5.41, 5.74) is 0.661. The summed E-state index contributed by atoms with van der Waals surface area (Å²) in [6.07, 6.45) is 6.76. The van der Waals surface area contributed by atoms with Gasteiger partial charge in [0.2, 0.25) is 0 Å². The van der Waals surface area contributed by atoms with Crippen LogP contribution in [0.1, 0.15) is 53.4 Å². The maximum Gasteiger partial charge on any atom is 0.0225 e. The first kappa shape index (κ1) is 13.4. The highest BCUT2D eigenvalue weighted by Crippen LogP contribution is 2.27. The number of rotatable bonds is 7. The van der Waals surface area contributed by atoms with Crippen LogP contribution in [0.3, 0.4) is 0 Å². The van der Waals surface area contributed by atoms with Gasteiger partial charge in [0.15, 0.2) is 0 Å². The quantitative estimate of drug-likeness (QED) is 0.353. The highest BCUT2D eigenvalue weighted by atomic mass is 14.5. The van der Waals surface area contributed by atoms with E-state index in [2.05, 4.69) is 27.4 Å². The van der Waals surface area contributed by atoms with E-state index in [1.165, 1.54) is 19.3 Å². The Morgan fingerprint density at radius 1 is 1.43 bits per heavy atom. The molecule has 1 N–H and O–H groups in total. The van der Waals surface area contributed by atoms with Crippen LogP contribution >= 0.6 is 0 Å². The van der Waals surface area contributed by atoms with E-state index in [9.17, 15) is 0 Å². The van der Waals surface area contributed by atoms with Crippen molar-refractivity contribution in [2.75, 3.05) is 0 Å². The average Bonchev–Trinajstić information content (AvgIpc) is 2.11. The minimum Gasteiger partial charge on any atom is -0.309 e. The van der Waals surface area contributed by atoms with Gasteiger partial charge in [0, 0.05) is 11.1 Å². The van der Waals surface area contributed by atoms with Gasteiger partial charge >= 0.3 is 0 Å². The molecule has 1 unspecified atom stereocenters. The normalized spacial score (nSPS) is 15.2. The molecular weight excluding hydrogens is 170 g/mol. The predicted molar refractivity (Wildman–Crippen MR) is 65.0 cm³/mol. The van der Waals surface area contributed by atoms with Crippen molar-refractivity contribution < 1.29 is 0 Å². The van der Waals surface area contributed by atoms with Gasteiger partial charge in [0.25, 0.3) is 0 Å². The van der Waals surface area contributed by atoms with Crippen molar-refractivity contribution in [2.24, 2.45) is 11.3 Å². The van der Waals surface area contributed by atoms with Crippen molar-refractivity contribution in [3.63, 3.8) is 0 Å². The molecule has 0 rings (SSSR count). The second-order valence-corrected chi connectivity index (χ2v) is 4.89. The zero-order chi connectivity index (χ0) is 11.2. The molecule has 0 fully saturated rings. The Bertz CT molecular complexity index is 193. The van der Waals surface area contributed by atoms with Gasteiger partial charge in [-0.1, -0.05) is 46.1 Å². The lowest BCUT2D eigenvalue weighted by atomic mass is 9.80. The lowest BCUT2D eigenvalue weighted by Crippen LogP contribution is -2.21. The molecule has 0 aliphatic carbocycles. The lowest BCUT2D eigenvalue weighted by molar-refractivity contribution is 0.460. The molecule has 1 atom stereocenters. The largest absolute Gasteiger partial charge is 0.309 e. The van der Waals surface area contributed by atoms with Crippen molar-refractivity contribution in [3.8, 4) is 0 Å². The minimum absolute atomic E-state index is 0.0724. The van der Waals surface area contributed by atoms with E-state index in [1.807, 2.05) is 13.0 Å². The van der Waals surface area contributed by atoms with Crippen LogP contribution in [-0.2, 0) is 0 Å². The molecule has 0 bridgehead atoms. The summed E-state index contributed by atoms with van der Waals surface area (Å²) in [5.74, 6) is 0.797. The summed E-state index contributed by atoms with van der Waals surface area (Å²) in [6.45, 7) is 12.3. The Balaban J connectivity index is 3.85. The van der Waals surface area contributed by atoms with Gasteiger partial charge in [-0.25, -0.2) is 0 Å². The highest BCUT2D eigenvalue weighted by molar-refractivity contribution is 5.86. The number of unbranched alkanes of at least 4 members (excludes halogenated alkanes) is 1. The fourth-order valence-corrected chi connectivity index (χ4v) is 1.49. The molecule has 0 spiro atoms. The first-order valence-corrected chi connectivity index (χ1v) is 5.61. The van der Waals surface area contributed by atoms with Crippen LogP contribution in [-0.4, -0.2) is 5.71 Å². The van der Waals surface area contributed by atoms with Crippen molar-refractivity contribution in [1.29, 1.82) is 5.41 Å². The molecule has 0 aromatic rings. The minimum atomic E-state index is -0.0724. The molecule has 0 amide bonds. The van der Waals surface area contributed by atoms with E-state index in [-0.39, 0.29) is 5.41 Å². The number of allylic oxidation sites excluding steroid dienone is 1. The second-order valence-electron chi connectivity index (χ2n) is 4.89. The van der Waals surface area contributed by atoms with Crippen LogP contribution in [0, 0.1) is 16.7 Å². The van der Waals surface area contributed by atoms with Crippen LogP contribution in [0.4, 0.5) is 0 Å². The van der Waals surface area contributed by atoms with Crippen LogP contribution in [0.5, 0.6) is 0 Å². The Kier molecular flexibility index (Phi) is 5.75. The summed E-state index contributed by atoms with van der Waals surface area (Å²) < 4.78 is 0. The Morgan fingerprint density at radius 3 is 2.36 bits per heavy atom. The van der Waals surface area contributed by atoms with Crippen molar-refractivity contribution in [3.05, 3.63) is 12.7 Å². The van der Waals surface area contributed by atoms with E-state index >= 15 is 0 Å². The van der Waals surface area contributed by atoms with Crippen LogP contribution in [0.15, 0.2) is 12.7 Å². The van der Waals surface area contributed by atoms with Crippen LogP contribution in [0.2, 0.25) is 0 Å². The molecule has 0 heterocycles. The molecule has 1 nitrogen and oxygen atoms in total. The third-order valence-corrected chi connectivity index (χ3v) is 3.03. The average molecular weight is 195 g/mol. The molecular formula is C13H25N. The predicted octanol–water partition coefficient (Wildman–Crippen LogP) is 4.43. The third-order valence-electron chi connectivity index (χ3n) is 3.03.